The van der Waals surface area contributed by atoms with Crippen LogP contribution in [0.4, 0.5) is 5.69 Å². The minimum absolute atomic E-state index is 0.136. The van der Waals surface area contributed by atoms with Crippen LogP contribution in [0.5, 0.6) is 0 Å². The smallest absolute Gasteiger partial charge is 0.269 e. The maximum atomic E-state index is 12.2. The quantitative estimate of drug-likeness (QED) is 0.390. The van der Waals surface area contributed by atoms with E-state index in [1.54, 1.807) is 6.08 Å². The number of nitrogens with one attached hydrogen (secondary N) is 1. The van der Waals surface area contributed by atoms with Gasteiger partial charge in [-0.2, -0.15) is 0 Å². The Bertz CT molecular complexity index is 1160. The van der Waals surface area contributed by atoms with Crippen LogP contribution < -0.4 is 4.72 Å². The number of hydrogen-bond donors (Lipinski definition) is 1. The largest absolute Gasteiger partial charge is 0.269 e. The lowest BCUT2D eigenvalue weighted by Crippen LogP contribution is -2.30. The molecule has 3 aromatic rings. The summed E-state index contributed by atoms with van der Waals surface area (Å²) in [4.78, 5) is 22.1. The normalized spacial score (nSPS) is 11.6. The van der Waals surface area contributed by atoms with Gasteiger partial charge in [-0.15, -0.1) is 0 Å². The zero-order valence-electron chi connectivity index (χ0n) is 14.6. The van der Waals surface area contributed by atoms with Gasteiger partial charge in [0.25, 0.3) is 11.6 Å². The molecule has 0 fully saturated rings. The molecule has 1 N–H and O–H groups in total. The number of sulfonamides is 1. The standard InChI is InChI=1S/C20H16N2O5S/c23-20(13-10-17-6-3-5-16-4-1-2-7-19(16)17)21-28(26,27)14-15-8-11-18(12-9-15)22(24)25/h1-13H,14H2,(H,21,23). The molecule has 0 saturated heterocycles. The first kappa shape index (κ1) is 19.2. The van der Waals surface area contributed by atoms with Crippen molar-refractivity contribution < 1.29 is 18.1 Å². The summed E-state index contributed by atoms with van der Waals surface area (Å²) in [7, 11) is -3.93. The van der Waals surface area contributed by atoms with Crippen molar-refractivity contribution in [3.05, 3.63) is 94.0 Å². The maximum absolute atomic E-state index is 12.2. The molecule has 0 bridgehead atoms. The number of nitrogens with zero attached hydrogens (tertiary/aromatic N) is 1. The monoisotopic (exact) mass is 396 g/mol. The molecule has 3 rings (SSSR count). The van der Waals surface area contributed by atoms with Crippen LogP contribution in [0.25, 0.3) is 16.8 Å². The van der Waals surface area contributed by atoms with Gasteiger partial charge in [-0.05, 0) is 28.0 Å². The maximum Gasteiger partial charge on any atom is 0.269 e. The van der Waals surface area contributed by atoms with Crippen molar-refractivity contribution in [2.24, 2.45) is 0 Å². The van der Waals surface area contributed by atoms with Gasteiger partial charge >= 0.3 is 0 Å². The molecule has 0 radical (unpaired) electrons. The van der Waals surface area contributed by atoms with Crippen LogP contribution in [0.15, 0.2) is 72.8 Å². The first-order chi connectivity index (χ1) is 13.3. The Labute approximate surface area is 161 Å². The molecule has 0 aromatic heterocycles. The van der Waals surface area contributed by atoms with Crippen LogP contribution in [0.1, 0.15) is 11.1 Å². The molecule has 1 amide bonds. The van der Waals surface area contributed by atoms with Crippen molar-refractivity contribution in [3.63, 3.8) is 0 Å². The molecule has 0 unspecified atom stereocenters. The fraction of sp³-hybridized carbons (Fsp3) is 0.0500. The molecule has 0 atom stereocenters. The van der Waals surface area contributed by atoms with E-state index in [1.807, 2.05) is 47.2 Å². The highest BCUT2D eigenvalue weighted by atomic mass is 32.2. The fourth-order valence-corrected chi connectivity index (χ4v) is 3.80. The number of benzene rings is 3. The summed E-state index contributed by atoms with van der Waals surface area (Å²) < 4.78 is 26.3. The molecule has 0 saturated carbocycles. The van der Waals surface area contributed by atoms with E-state index in [9.17, 15) is 23.3 Å². The topological polar surface area (TPSA) is 106 Å². The second-order valence-corrected chi connectivity index (χ2v) is 7.77. The number of carbonyl (C=O) groups excluding carboxylic acids is 1. The van der Waals surface area contributed by atoms with Crippen LogP contribution in [-0.2, 0) is 20.6 Å². The van der Waals surface area contributed by atoms with Gasteiger partial charge in [-0.25, -0.2) is 13.1 Å². The van der Waals surface area contributed by atoms with Gasteiger partial charge in [0.2, 0.25) is 10.0 Å². The van der Waals surface area contributed by atoms with E-state index >= 15 is 0 Å². The van der Waals surface area contributed by atoms with Crippen LogP contribution in [0.2, 0.25) is 0 Å². The van der Waals surface area contributed by atoms with Crippen molar-refractivity contribution in [2.45, 2.75) is 5.75 Å². The number of rotatable bonds is 6. The Balaban J connectivity index is 1.69. The Morgan fingerprint density at radius 2 is 1.68 bits per heavy atom. The molecule has 0 aliphatic carbocycles. The third kappa shape index (κ3) is 4.80. The van der Waals surface area contributed by atoms with Crippen LogP contribution in [-0.4, -0.2) is 19.2 Å². The van der Waals surface area contributed by atoms with Crippen LogP contribution >= 0.6 is 0 Å². The summed E-state index contributed by atoms with van der Waals surface area (Å²) in [6.45, 7) is 0. The minimum atomic E-state index is -3.93. The summed E-state index contributed by atoms with van der Waals surface area (Å²) in [5.41, 5.74) is 0.994. The van der Waals surface area contributed by atoms with Gasteiger partial charge in [0.05, 0.1) is 10.7 Å². The number of carbonyl (C=O) groups is 1. The van der Waals surface area contributed by atoms with Crippen molar-refractivity contribution in [2.75, 3.05) is 0 Å². The van der Waals surface area contributed by atoms with Gasteiger partial charge in [0.1, 0.15) is 0 Å². The predicted octanol–water partition coefficient (Wildman–Crippen LogP) is 3.41. The number of nitro groups is 1. The highest BCUT2D eigenvalue weighted by Crippen LogP contribution is 2.19. The van der Waals surface area contributed by atoms with E-state index in [1.165, 1.54) is 24.3 Å². The summed E-state index contributed by atoms with van der Waals surface area (Å²) in [6, 6.07) is 18.4. The molecule has 0 heterocycles. The lowest BCUT2D eigenvalue weighted by molar-refractivity contribution is -0.384. The van der Waals surface area contributed by atoms with E-state index < -0.39 is 26.6 Å². The molecule has 28 heavy (non-hydrogen) atoms. The summed E-state index contributed by atoms with van der Waals surface area (Å²) >= 11 is 0. The Kier molecular flexibility index (Phi) is 5.51. The highest BCUT2D eigenvalue weighted by Gasteiger charge is 2.15. The Morgan fingerprint density at radius 3 is 2.39 bits per heavy atom. The number of non-ortho nitro benzene ring substituents is 1. The molecular weight excluding hydrogens is 380 g/mol. The average molecular weight is 396 g/mol. The number of fused-ring (bicyclic) bond motifs is 1. The van der Waals surface area contributed by atoms with Crippen molar-refractivity contribution in [1.29, 1.82) is 0 Å². The Morgan fingerprint density at radius 1 is 1.00 bits per heavy atom. The van der Waals surface area contributed by atoms with E-state index in [2.05, 4.69) is 0 Å². The second-order valence-electron chi connectivity index (χ2n) is 6.05. The summed E-state index contributed by atoms with van der Waals surface area (Å²) in [5, 5.41) is 12.6. The molecule has 3 aromatic carbocycles. The first-order valence-corrected chi connectivity index (χ1v) is 9.93. The van der Waals surface area contributed by atoms with E-state index in [-0.39, 0.29) is 5.69 Å². The van der Waals surface area contributed by atoms with Crippen LogP contribution in [0.3, 0.4) is 0 Å². The molecule has 0 spiro atoms. The number of nitro benzene ring substituents is 1. The van der Waals surface area contributed by atoms with Crippen molar-refractivity contribution >= 4 is 38.5 Å². The van der Waals surface area contributed by atoms with Crippen molar-refractivity contribution in [1.82, 2.24) is 4.72 Å². The molecule has 7 nitrogen and oxygen atoms in total. The second kappa shape index (κ2) is 8.01. The average Bonchev–Trinajstić information content (AvgIpc) is 2.66. The van der Waals surface area contributed by atoms with E-state index in [4.69, 9.17) is 0 Å². The summed E-state index contributed by atoms with van der Waals surface area (Å²) in [5.74, 6) is -1.23. The molecule has 0 aliphatic rings. The molecular formula is C20H16N2O5S. The lowest BCUT2D eigenvalue weighted by Gasteiger charge is -2.05. The fourth-order valence-electron chi connectivity index (χ4n) is 2.72. The lowest BCUT2D eigenvalue weighted by atomic mass is 10.0. The first-order valence-electron chi connectivity index (χ1n) is 8.28. The molecule has 0 aliphatic heterocycles. The third-order valence-corrected chi connectivity index (χ3v) is 5.22. The van der Waals surface area contributed by atoms with E-state index in [0.717, 1.165) is 22.4 Å². The van der Waals surface area contributed by atoms with Gasteiger partial charge in [0, 0.05) is 18.2 Å². The summed E-state index contributed by atoms with van der Waals surface area (Å²) in [6.07, 6.45) is 2.72. The predicted molar refractivity (Wildman–Crippen MR) is 107 cm³/mol. The number of amides is 1. The van der Waals surface area contributed by atoms with E-state index in [0.29, 0.717) is 5.56 Å². The number of hydrogen-bond acceptors (Lipinski definition) is 5. The molecule has 142 valence electrons. The van der Waals surface area contributed by atoms with Crippen LogP contribution in [0, 0.1) is 10.1 Å². The van der Waals surface area contributed by atoms with Gasteiger partial charge in [-0.1, -0.05) is 54.6 Å². The van der Waals surface area contributed by atoms with Gasteiger partial charge < -0.3 is 0 Å². The Hall–Kier alpha value is -3.52. The zero-order chi connectivity index (χ0) is 20.1. The highest BCUT2D eigenvalue weighted by molar-refractivity contribution is 7.89. The molecule has 8 heteroatoms. The SMILES string of the molecule is O=C(C=Cc1cccc2ccccc12)NS(=O)(=O)Cc1ccc([N+](=O)[O-])cc1. The third-order valence-electron chi connectivity index (χ3n) is 4.00. The minimum Gasteiger partial charge on any atom is -0.269 e. The zero-order valence-corrected chi connectivity index (χ0v) is 15.4. The van der Waals surface area contributed by atoms with Crippen molar-refractivity contribution in [3.8, 4) is 0 Å². The van der Waals surface area contributed by atoms with Gasteiger partial charge in [0.15, 0.2) is 0 Å². The van der Waals surface area contributed by atoms with Gasteiger partial charge in [-0.3, -0.25) is 14.9 Å².